The van der Waals surface area contributed by atoms with E-state index in [-0.39, 0.29) is 6.42 Å². The van der Waals surface area contributed by atoms with Crippen LogP contribution in [0.1, 0.15) is 24.4 Å². The Morgan fingerprint density at radius 2 is 2.21 bits per heavy atom. The number of hydrogen-bond acceptors (Lipinski definition) is 2. The zero-order chi connectivity index (χ0) is 10.8. The molecule has 1 atom stereocenters. The summed E-state index contributed by atoms with van der Waals surface area (Å²) in [4.78, 5) is 0. The Kier molecular flexibility index (Phi) is 3.15. The summed E-state index contributed by atoms with van der Waals surface area (Å²) in [6.45, 7) is 0. The Morgan fingerprint density at radius 1 is 1.57 bits per heavy atom. The molecule has 0 aliphatic rings. The Bertz CT molecular complexity index is 292. The van der Waals surface area contributed by atoms with E-state index in [1.165, 1.54) is 10.9 Å². The van der Waals surface area contributed by atoms with Crippen molar-refractivity contribution in [2.24, 2.45) is 12.8 Å². The number of aryl methyl sites for hydroxylation is 1. The minimum absolute atomic E-state index is 0.102. The fourth-order valence-electron chi connectivity index (χ4n) is 1.12. The summed E-state index contributed by atoms with van der Waals surface area (Å²) in [6.07, 6.45) is -1.99. The Morgan fingerprint density at radius 3 is 2.64 bits per heavy atom. The van der Waals surface area contributed by atoms with Gasteiger partial charge in [-0.05, 0) is 6.42 Å². The zero-order valence-corrected chi connectivity index (χ0v) is 7.75. The van der Waals surface area contributed by atoms with Crippen LogP contribution in [0.2, 0.25) is 0 Å². The molecular weight excluding hydrogens is 195 g/mol. The van der Waals surface area contributed by atoms with Gasteiger partial charge in [0.05, 0.1) is 6.20 Å². The van der Waals surface area contributed by atoms with Crippen molar-refractivity contribution in [1.82, 2.24) is 9.78 Å². The maximum Gasteiger partial charge on any atom is 0.389 e. The minimum atomic E-state index is -4.14. The van der Waals surface area contributed by atoms with Gasteiger partial charge in [0.2, 0.25) is 0 Å². The number of nitrogens with zero attached hydrogens (tertiary/aromatic N) is 2. The predicted octanol–water partition coefficient (Wildman–Crippen LogP) is 1.76. The second-order valence-electron chi connectivity index (χ2n) is 3.21. The summed E-state index contributed by atoms with van der Waals surface area (Å²) in [7, 11) is 1.69. The van der Waals surface area contributed by atoms with Crippen molar-refractivity contribution in [3.63, 3.8) is 0 Å². The van der Waals surface area contributed by atoms with Crippen LogP contribution >= 0.6 is 0 Å². The highest BCUT2D eigenvalue weighted by molar-refractivity contribution is 5.09. The van der Waals surface area contributed by atoms with Gasteiger partial charge in [-0.2, -0.15) is 18.3 Å². The van der Waals surface area contributed by atoms with Gasteiger partial charge < -0.3 is 5.73 Å². The number of alkyl halides is 3. The number of hydrogen-bond donors (Lipinski definition) is 1. The van der Waals surface area contributed by atoms with Crippen LogP contribution in [-0.4, -0.2) is 16.0 Å². The van der Waals surface area contributed by atoms with E-state index in [1.807, 2.05) is 0 Å². The highest BCUT2D eigenvalue weighted by Crippen LogP contribution is 2.25. The molecule has 0 spiro atoms. The summed E-state index contributed by atoms with van der Waals surface area (Å²) in [5.74, 6) is 0. The van der Waals surface area contributed by atoms with Gasteiger partial charge in [-0.15, -0.1) is 0 Å². The molecule has 0 aromatic carbocycles. The molecule has 2 N–H and O–H groups in total. The largest absolute Gasteiger partial charge is 0.389 e. The zero-order valence-electron chi connectivity index (χ0n) is 7.75. The maximum absolute atomic E-state index is 11.9. The molecule has 1 rings (SSSR count). The van der Waals surface area contributed by atoms with Gasteiger partial charge >= 0.3 is 6.18 Å². The van der Waals surface area contributed by atoms with Crippen molar-refractivity contribution in [2.75, 3.05) is 0 Å². The Labute approximate surface area is 79.7 Å². The first-order chi connectivity index (χ1) is 6.38. The van der Waals surface area contributed by atoms with Crippen LogP contribution < -0.4 is 5.73 Å². The molecule has 0 amide bonds. The average molecular weight is 207 g/mol. The summed E-state index contributed by atoms with van der Waals surface area (Å²) in [5, 5.41) is 3.84. The monoisotopic (exact) mass is 207 g/mol. The molecule has 0 radical (unpaired) electrons. The van der Waals surface area contributed by atoms with Crippen LogP contribution in [0.25, 0.3) is 0 Å². The second-order valence-corrected chi connectivity index (χ2v) is 3.21. The SMILES string of the molecule is Cn1cc(C(N)CCC(F)(F)F)cn1. The van der Waals surface area contributed by atoms with Crippen LogP contribution in [0.15, 0.2) is 12.4 Å². The Hall–Kier alpha value is -1.04. The third-order valence-electron chi connectivity index (χ3n) is 1.89. The first kappa shape index (κ1) is 11.0. The molecule has 0 aliphatic carbocycles. The van der Waals surface area contributed by atoms with Crippen LogP contribution in [0.3, 0.4) is 0 Å². The van der Waals surface area contributed by atoms with E-state index < -0.39 is 18.6 Å². The Balaban J connectivity index is 2.47. The molecule has 80 valence electrons. The summed E-state index contributed by atoms with van der Waals surface area (Å²) in [6, 6.07) is -0.592. The normalized spacial score (nSPS) is 14.4. The lowest BCUT2D eigenvalue weighted by atomic mass is 10.1. The molecule has 0 bridgehead atoms. The topological polar surface area (TPSA) is 43.8 Å². The minimum Gasteiger partial charge on any atom is -0.324 e. The molecule has 1 heterocycles. The predicted molar refractivity (Wildman–Crippen MR) is 45.4 cm³/mol. The fourth-order valence-corrected chi connectivity index (χ4v) is 1.12. The van der Waals surface area contributed by atoms with Gasteiger partial charge in [0.25, 0.3) is 0 Å². The van der Waals surface area contributed by atoms with Crippen LogP contribution in [0.4, 0.5) is 13.2 Å². The quantitative estimate of drug-likeness (QED) is 0.820. The number of rotatable bonds is 3. The van der Waals surface area contributed by atoms with Gasteiger partial charge in [0.15, 0.2) is 0 Å². The van der Waals surface area contributed by atoms with E-state index in [2.05, 4.69) is 5.10 Å². The molecule has 1 unspecified atom stereocenters. The average Bonchev–Trinajstić information content (AvgIpc) is 2.46. The molecule has 3 nitrogen and oxygen atoms in total. The van der Waals surface area contributed by atoms with Crippen molar-refractivity contribution in [1.29, 1.82) is 0 Å². The molecule has 0 aliphatic heterocycles. The summed E-state index contributed by atoms with van der Waals surface area (Å²) in [5.41, 5.74) is 6.20. The van der Waals surface area contributed by atoms with Crippen LogP contribution in [-0.2, 0) is 7.05 Å². The van der Waals surface area contributed by atoms with Gasteiger partial charge in [0.1, 0.15) is 0 Å². The highest BCUT2D eigenvalue weighted by atomic mass is 19.4. The van der Waals surface area contributed by atoms with Crippen LogP contribution in [0, 0.1) is 0 Å². The molecule has 0 saturated carbocycles. The van der Waals surface area contributed by atoms with Crippen molar-refractivity contribution in [3.05, 3.63) is 18.0 Å². The lowest BCUT2D eigenvalue weighted by molar-refractivity contribution is -0.136. The van der Waals surface area contributed by atoms with E-state index in [9.17, 15) is 13.2 Å². The van der Waals surface area contributed by atoms with Crippen molar-refractivity contribution < 1.29 is 13.2 Å². The van der Waals surface area contributed by atoms with Gasteiger partial charge in [-0.1, -0.05) is 0 Å². The van der Waals surface area contributed by atoms with E-state index in [4.69, 9.17) is 5.73 Å². The lowest BCUT2D eigenvalue weighted by Gasteiger charge is -2.10. The molecule has 0 saturated heterocycles. The van der Waals surface area contributed by atoms with Crippen molar-refractivity contribution >= 4 is 0 Å². The summed E-state index contributed by atoms with van der Waals surface area (Å²) < 4.78 is 37.1. The van der Waals surface area contributed by atoms with E-state index >= 15 is 0 Å². The molecule has 14 heavy (non-hydrogen) atoms. The molecular formula is C8H12F3N3. The van der Waals surface area contributed by atoms with Crippen LogP contribution in [0.5, 0.6) is 0 Å². The van der Waals surface area contributed by atoms with Gasteiger partial charge in [-0.3, -0.25) is 4.68 Å². The van der Waals surface area contributed by atoms with Gasteiger partial charge in [0, 0.05) is 31.3 Å². The third-order valence-corrected chi connectivity index (χ3v) is 1.89. The number of nitrogens with two attached hydrogens (primary N) is 1. The lowest BCUT2D eigenvalue weighted by Crippen LogP contribution is -2.15. The molecule has 1 aromatic rings. The van der Waals surface area contributed by atoms with E-state index in [1.54, 1.807) is 13.2 Å². The maximum atomic E-state index is 11.9. The second kappa shape index (κ2) is 4.00. The van der Waals surface area contributed by atoms with Crippen molar-refractivity contribution in [3.8, 4) is 0 Å². The first-order valence-electron chi connectivity index (χ1n) is 4.19. The highest BCUT2D eigenvalue weighted by Gasteiger charge is 2.27. The van der Waals surface area contributed by atoms with E-state index in [0.29, 0.717) is 5.56 Å². The summed E-state index contributed by atoms with van der Waals surface area (Å²) >= 11 is 0. The molecule has 1 aromatic heterocycles. The fraction of sp³-hybridized carbons (Fsp3) is 0.625. The molecule has 6 heteroatoms. The van der Waals surface area contributed by atoms with Crippen molar-refractivity contribution in [2.45, 2.75) is 25.1 Å². The number of aromatic nitrogens is 2. The molecule has 0 fully saturated rings. The third kappa shape index (κ3) is 3.37. The van der Waals surface area contributed by atoms with E-state index in [0.717, 1.165) is 0 Å². The van der Waals surface area contributed by atoms with Gasteiger partial charge in [-0.25, -0.2) is 0 Å². The standard InChI is InChI=1S/C8H12F3N3/c1-14-5-6(4-13-14)7(12)2-3-8(9,10)11/h4-5,7H,2-3,12H2,1H3. The smallest absolute Gasteiger partial charge is 0.324 e. The first-order valence-corrected chi connectivity index (χ1v) is 4.19. The number of halogens is 3.